The smallest absolute Gasteiger partial charge is 0.0660 e. The molecule has 0 saturated heterocycles. The molecule has 2 heteroatoms. The predicted molar refractivity (Wildman–Crippen MR) is 141 cm³/mol. The molecule has 0 atom stereocenters. The van der Waals surface area contributed by atoms with Crippen LogP contribution in [0.1, 0.15) is 81.7 Å². The van der Waals surface area contributed by atoms with E-state index in [4.69, 9.17) is 0 Å². The Morgan fingerprint density at radius 2 is 1.87 bits per heavy atom. The van der Waals surface area contributed by atoms with Crippen molar-refractivity contribution in [3.8, 4) is 0 Å². The number of allylic oxidation sites excluding steroid dienone is 1. The summed E-state index contributed by atoms with van der Waals surface area (Å²) in [5.41, 5.74) is 9.91. The van der Waals surface area contributed by atoms with E-state index in [1.807, 2.05) is 26.1 Å². The Hall–Kier alpha value is -2.74. The number of aliphatic imine (C=N–C) groups is 2. The lowest BCUT2D eigenvalue weighted by atomic mass is 9.95. The van der Waals surface area contributed by atoms with Gasteiger partial charge in [0, 0.05) is 23.9 Å². The lowest BCUT2D eigenvalue weighted by molar-refractivity contribution is 0.987. The van der Waals surface area contributed by atoms with E-state index in [2.05, 4.69) is 93.7 Å². The van der Waals surface area contributed by atoms with Crippen LogP contribution < -0.4 is 0 Å². The van der Waals surface area contributed by atoms with Gasteiger partial charge in [0.1, 0.15) is 0 Å². The normalized spacial score (nSPS) is 12.4. The standard InChI is InChI=1S/C14H15N.C13H19N.C2H6/c1-3-11-7-5-8-13(12(11)4-2)14-9-6-10-15-14;1-5-6-12(4)14-13-9-10(2)7-8-11(13)3;1-2/h3,5-8,10H,1,4,9H2,2H3;7-9H,5-6H2,1-4H3;1-2H3. The van der Waals surface area contributed by atoms with Gasteiger partial charge >= 0.3 is 0 Å². The quantitative estimate of drug-likeness (QED) is 0.420. The Labute approximate surface area is 190 Å². The highest BCUT2D eigenvalue weighted by molar-refractivity contribution is 6.04. The topological polar surface area (TPSA) is 24.7 Å². The molecule has 0 aromatic heterocycles. The van der Waals surface area contributed by atoms with Crippen LogP contribution >= 0.6 is 0 Å². The lowest BCUT2D eigenvalue weighted by Gasteiger charge is -2.10. The predicted octanol–water partition coefficient (Wildman–Crippen LogP) is 8.82. The molecule has 0 radical (unpaired) electrons. The Morgan fingerprint density at radius 3 is 2.45 bits per heavy atom. The maximum absolute atomic E-state index is 4.63. The Morgan fingerprint density at radius 1 is 1.13 bits per heavy atom. The van der Waals surface area contributed by atoms with Crippen molar-refractivity contribution < 1.29 is 0 Å². The molecule has 2 nitrogen and oxygen atoms in total. The van der Waals surface area contributed by atoms with Gasteiger partial charge in [-0.1, -0.05) is 83.2 Å². The van der Waals surface area contributed by atoms with E-state index >= 15 is 0 Å². The van der Waals surface area contributed by atoms with Gasteiger partial charge in [-0.25, -0.2) is 0 Å². The minimum atomic E-state index is 0.952. The van der Waals surface area contributed by atoms with Crippen LogP contribution in [0.2, 0.25) is 0 Å². The molecule has 1 aliphatic heterocycles. The van der Waals surface area contributed by atoms with E-state index in [9.17, 15) is 0 Å². The molecule has 1 aliphatic rings. The van der Waals surface area contributed by atoms with E-state index in [1.165, 1.54) is 45.7 Å². The van der Waals surface area contributed by atoms with Crippen molar-refractivity contribution in [1.29, 1.82) is 0 Å². The van der Waals surface area contributed by atoms with Crippen LogP contribution in [0.4, 0.5) is 5.69 Å². The highest BCUT2D eigenvalue weighted by Gasteiger charge is 2.11. The zero-order valence-corrected chi connectivity index (χ0v) is 20.6. The third-order valence-electron chi connectivity index (χ3n) is 5.03. The van der Waals surface area contributed by atoms with Crippen LogP contribution in [-0.2, 0) is 6.42 Å². The van der Waals surface area contributed by atoms with Gasteiger partial charge in [-0.15, -0.1) is 0 Å². The van der Waals surface area contributed by atoms with Gasteiger partial charge in [0.15, 0.2) is 0 Å². The van der Waals surface area contributed by atoms with E-state index in [-0.39, 0.29) is 0 Å². The SMILES string of the molecule is C=Cc1cccc(C2=NC=CC2)c1CC.CC.CCCC(C)=Nc1cc(C)ccc1C. The minimum Gasteiger partial charge on any atom is -0.261 e. The van der Waals surface area contributed by atoms with E-state index in [0.29, 0.717) is 0 Å². The van der Waals surface area contributed by atoms with E-state index in [1.54, 1.807) is 0 Å². The fourth-order valence-electron chi connectivity index (χ4n) is 3.46. The molecule has 3 rings (SSSR count). The second-order valence-corrected chi connectivity index (χ2v) is 7.48. The summed E-state index contributed by atoms with van der Waals surface area (Å²) in [6.07, 6.45) is 10.1. The Bertz CT molecular complexity index is 930. The summed E-state index contributed by atoms with van der Waals surface area (Å²) >= 11 is 0. The summed E-state index contributed by atoms with van der Waals surface area (Å²) in [7, 11) is 0. The number of nitrogens with zero attached hydrogens (tertiary/aromatic N) is 2. The third-order valence-corrected chi connectivity index (χ3v) is 5.03. The van der Waals surface area contributed by atoms with Crippen molar-refractivity contribution in [2.75, 3.05) is 0 Å². The van der Waals surface area contributed by atoms with Gasteiger partial charge in [0.25, 0.3) is 0 Å². The molecule has 0 unspecified atom stereocenters. The molecule has 0 saturated carbocycles. The van der Waals surface area contributed by atoms with Gasteiger partial charge in [-0.2, -0.15) is 0 Å². The molecule has 0 spiro atoms. The van der Waals surface area contributed by atoms with Crippen LogP contribution in [-0.4, -0.2) is 11.4 Å². The average molecular weight is 417 g/mol. The summed E-state index contributed by atoms with van der Waals surface area (Å²) in [5.74, 6) is 0. The molecule has 0 aliphatic carbocycles. The van der Waals surface area contributed by atoms with Crippen molar-refractivity contribution in [2.24, 2.45) is 9.98 Å². The Balaban J connectivity index is 0.000000288. The molecule has 2 aromatic rings. The van der Waals surface area contributed by atoms with Gasteiger partial charge < -0.3 is 0 Å². The Kier molecular flexibility index (Phi) is 12.1. The van der Waals surface area contributed by atoms with Crippen LogP contribution in [0.5, 0.6) is 0 Å². The molecule has 2 aromatic carbocycles. The number of rotatable bonds is 6. The maximum Gasteiger partial charge on any atom is 0.0660 e. The molecule has 166 valence electrons. The summed E-state index contributed by atoms with van der Waals surface area (Å²) < 4.78 is 0. The summed E-state index contributed by atoms with van der Waals surface area (Å²) in [6.45, 7) is 18.5. The van der Waals surface area contributed by atoms with E-state index in [0.717, 1.165) is 24.9 Å². The molecule has 0 bridgehead atoms. The zero-order chi connectivity index (χ0) is 23.2. The first kappa shape index (κ1) is 26.3. The third kappa shape index (κ3) is 8.13. The van der Waals surface area contributed by atoms with Crippen LogP contribution in [0.3, 0.4) is 0 Å². The van der Waals surface area contributed by atoms with Gasteiger partial charge in [-0.3, -0.25) is 9.98 Å². The van der Waals surface area contributed by atoms with Gasteiger partial charge in [-0.05, 0) is 61.9 Å². The van der Waals surface area contributed by atoms with Crippen LogP contribution in [0, 0.1) is 13.8 Å². The van der Waals surface area contributed by atoms with Crippen molar-refractivity contribution in [1.82, 2.24) is 0 Å². The molecule has 0 amide bonds. The largest absolute Gasteiger partial charge is 0.261 e. The number of benzene rings is 2. The highest BCUT2D eigenvalue weighted by Crippen LogP contribution is 2.21. The van der Waals surface area contributed by atoms with Crippen molar-refractivity contribution >= 4 is 23.2 Å². The number of hydrogen-bond acceptors (Lipinski definition) is 2. The second kappa shape index (κ2) is 14.3. The molecular weight excluding hydrogens is 376 g/mol. The van der Waals surface area contributed by atoms with Crippen molar-refractivity contribution in [2.45, 2.75) is 74.1 Å². The molecule has 0 fully saturated rings. The molecule has 31 heavy (non-hydrogen) atoms. The van der Waals surface area contributed by atoms with Gasteiger partial charge in [0.2, 0.25) is 0 Å². The average Bonchev–Trinajstić information content (AvgIpc) is 3.32. The van der Waals surface area contributed by atoms with Gasteiger partial charge in [0.05, 0.1) is 11.4 Å². The second-order valence-electron chi connectivity index (χ2n) is 7.48. The fourth-order valence-corrected chi connectivity index (χ4v) is 3.46. The first-order chi connectivity index (χ1) is 15.0. The number of aryl methyl sites for hydroxylation is 2. The fraction of sp³-hybridized carbons (Fsp3) is 0.379. The maximum atomic E-state index is 4.63. The first-order valence-electron chi connectivity index (χ1n) is 11.6. The highest BCUT2D eigenvalue weighted by atomic mass is 14.7. The van der Waals surface area contributed by atoms with Crippen molar-refractivity contribution in [3.63, 3.8) is 0 Å². The molecular formula is C29H40N2. The van der Waals surface area contributed by atoms with E-state index < -0.39 is 0 Å². The summed E-state index contributed by atoms with van der Waals surface area (Å²) in [6, 6.07) is 12.7. The summed E-state index contributed by atoms with van der Waals surface area (Å²) in [4.78, 5) is 9.02. The summed E-state index contributed by atoms with van der Waals surface area (Å²) in [5, 5.41) is 0. The van der Waals surface area contributed by atoms with Crippen LogP contribution in [0.25, 0.3) is 6.08 Å². The number of hydrogen-bond donors (Lipinski definition) is 0. The zero-order valence-electron chi connectivity index (χ0n) is 20.6. The minimum absolute atomic E-state index is 0.952. The first-order valence-corrected chi connectivity index (χ1v) is 11.6. The molecule has 1 heterocycles. The lowest BCUT2D eigenvalue weighted by Crippen LogP contribution is -2.03. The monoisotopic (exact) mass is 416 g/mol. The molecule has 0 N–H and O–H groups in total. The van der Waals surface area contributed by atoms with Crippen molar-refractivity contribution in [3.05, 3.63) is 83.1 Å². The van der Waals surface area contributed by atoms with Crippen LogP contribution in [0.15, 0.2) is 65.2 Å².